The van der Waals surface area contributed by atoms with Crippen LogP contribution in [0, 0.1) is 0 Å². The molecular formula is C39H36N2O2SSi. The van der Waals surface area contributed by atoms with Crippen LogP contribution in [-0.4, -0.2) is 16.5 Å². The zero-order chi connectivity index (χ0) is 31.1. The van der Waals surface area contributed by atoms with Gasteiger partial charge >= 0.3 is 0 Å². The van der Waals surface area contributed by atoms with Gasteiger partial charge in [0.25, 0.3) is 0 Å². The molecule has 3 N–H and O–H groups in total. The molecule has 0 aromatic heterocycles. The summed E-state index contributed by atoms with van der Waals surface area (Å²) in [6.07, 6.45) is 0. The monoisotopic (exact) mass is 624 g/mol. The van der Waals surface area contributed by atoms with E-state index in [1.54, 1.807) is 0 Å². The van der Waals surface area contributed by atoms with Gasteiger partial charge in [-0.05, 0) is 37.4 Å². The van der Waals surface area contributed by atoms with E-state index in [1.165, 1.54) is 15.6 Å². The molecule has 6 rings (SSSR count). The molecule has 0 radical (unpaired) electrons. The van der Waals surface area contributed by atoms with Gasteiger partial charge < -0.3 is 5.73 Å². The van der Waals surface area contributed by atoms with E-state index in [9.17, 15) is 8.42 Å². The normalized spacial score (nSPS) is 13.2. The van der Waals surface area contributed by atoms with Crippen LogP contribution in [0.4, 0.5) is 0 Å². The molecule has 0 aliphatic carbocycles. The minimum absolute atomic E-state index is 0.185. The van der Waals surface area contributed by atoms with Gasteiger partial charge in [0.1, 0.15) is 0 Å². The van der Waals surface area contributed by atoms with Gasteiger partial charge in [-0.25, -0.2) is 13.1 Å². The van der Waals surface area contributed by atoms with Crippen molar-refractivity contribution in [1.82, 2.24) is 4.72 Å². The smallest absolute Gasteiger partial charge is 0.216 e. The predicted octanol–water partition coefficient (Wildman–Crippen LogP) is 4.92. The molecule has 6 heteroatoms. The van der Waals surface area contributed by atoms with E-state index < -0.39 is 30.2 Å². The molecule has 0 saturated heterocycles. The van der Waals surface area contributed by atoms with Crippen LogP contribution in [0.25, 0.3) is 0 Å². The quantitative estimate of drug-likeness (QED) is 0.159. The Balaban J connectivity index is 1.48. The topological polar surface area (TPSA) is 72.2 Å². The van der Waals surface area contributed by atoms with Gasteiger partial charge in [0.05, 0.1) is 17.8 Å². The highest BCUT2D eigenvalue weighted by molar-refractivity contribution is 7.88. The van der Waals surface area contributed by atoms with E-state index in [4.69, 9.17) is 5.73 Å². The van der Waals surface area contributed by atoms with Crippen LogP contribution in [-0.2, 0) is 15.8 Å². The SMILES string of the molecule is NC(c1ccccc1)C(NS(=O)(=O)Cc1ccccc1[Si](c1ccccc1)(c1ccccc1)c1ccccc1)c1ccccc1. The standard InChI is InChI=1S/C39H36N2O2SSi/c40-38(31-18-6-1-7-19-31)39(32-20-8-2-9-21-32)41-44(42,43)30-33-22-16-17-29-37(33)45(34-23-10-3-11-24-34,35-25-12-4-13-26-35)36-27-14-5-15-28-36/h1-29,38-39,41H,30,40H2. The summed E-state index contributed by atoms with van der Waals surface area (Å²) in [5, 5.41) is 4.61. The number of hydrogen-bond donors (Lipinski definition) is 2. The predicted molar refractivity (Wildman–Crippen MR) is 188 cm³/mol. The highest BCUT2D eigenvalue weighted by Gasteiger charge is 2.43. The van der Waals surface area contributed by atoms with E-state index in [-0.39, 0.29) is 5.75 Å². The second kappa shape index (κ2) is 13.6. The Morgan fingerprint density at radius 1 is 0.511 bits per heavy atom. The number of sulfonamides is 1. The number of nitrogens with one attached hydrogen (secondary N) is 1. The summed E-state index contributed by atoms with van der Waals surface area (Å²) in [4.78, 5) is 0. The molecular weight excluding hydrogens is 589 g/mol. The molecule has 0 aliphatic heterocycles. The van der Waals surface area contributed by atoms with Crippen molar-refractivity contribution in [2.75, 3.05) is 0 Å². The highest BCUT2D eigenvalue weighted by Crippen LogP contribution is 2.28. The molecule has 6 aromatic rings. The number of nitrogens with two attached hydrogens (primary N) is 1. The van der Waals surface area contributed by atoms with Crippen LogP contribution in [0.1, 0.15) is 28.8 Å². The molecule has 0 bridgehead atoms. The largest absolute Gasteiger partial charge is 0.322 e. The first-order valence-corrected chi connectivity index (χ1v) is 18.7. The molecule has 45 heavy (non-hydrogen) atoms. The van der Waals surface area contributed by atoms with Gasteiger partial charge in [-0.15, -0.1) is 0 Å². The average molecular weight is 625 g/mol. The Hall–Kier alpha value is -4.59. The maximum absolute atomic E-state index is 14.3. The molecule has 2 unspecified atom stereocenters. The van der Waals surface area contributed by atoms with E-state index in [2.05, 4.69) is 83.6 Å². The van der Waals surface area contributed by atoms with Gasteiger partial charge in [-0.3, -0.25) is 0 Å². The molecule has 0 amide bonds. The Bertz CT molecular complexity index is 1830. The minimum atomic E-state index is -3.87. The molecule has 2 atom stereocenters. The van der Waals surface area contributed by atoms with Crippen molar-refractivity contribution in [2.45, 2.75) is 17.8 Å². The first-order chi connectivity index (χ1) is 22.0. The van der Waals surface area contributed by atoms with E-state index >= 15 is 0 Å². The van der Waals surface area contributed by atoms with Crippen molar-refractivity contribution in [3.05, 3.63) is 193 Å². The second-order valence-corrected chi connectivity index (χ2v) is 16.7. The van der Waals surface area contributed by atoms with Gasteiger partial charge in [-0.2, -0.15) is 0 Å². The van der Waals surface area contributed by atoms with Crippen molar-refractivity contribution < 1.29 is 8.42 Å². The van der Waals surface area contributed by atoms with Gasteiger partial charge in [0, 0.05) is 0 Å². The van der Waals surface area contributed by atoms with Crippen molar-refractivity contribution in [3.63, 3.8) is 0 Å². The summed E-state index contributed by atoms with van der Waals surface area (Å²) in [5.74, 6) is -0.185. The Morgan fingerprint density at radius 2 is 0.889 bits per heavy atom. The van der Waals surface area contributed by atoms with Crippen molar-refractivity contribution >= 4 is 38.8 Å². The van der Waals surface area contributed by atoms with Gasteiger partial charge in [-0.1, -0.05) is 176 Å². The molecule has 0 saturated carbocycles. The third-order valence-corrected chi connectivity index (χ3v) is 14.6. The maximum Gasteiger partial charge on any atom is 0.216 e. The Labute approximate surface area is 267 Å². The van der Waals surface area contributed by atoms with Crippen molar-refractivity contribution in [2.24, 2.45) is 5.73 Å². The lowest BCUT2D eigenvalue weighted by Gasteiger charge is -2.36. The van der Waals surface area contributed by atoms with Crippen molar-refractivity contribution in [3.8, 4) is 0 Å². The zero-order valence-corrected chi connectivity index (χ0v) is 26.7. The van der Waals surface area contributed by atoms with Crippen molar-refractivity contribution in [1.29, 1.82) is 0 Å². The number of rotatable bonds is 11. The van der Waals surface area contributed by atoms with Crippen LogP contribution in [0.5, 0.6) is 0 Å². The van der Waals surface area contributed by atoms with E-state index in [1.807, 2.05) is 97.1 Å². The third-order valence-electron chi connectivity index (χ3n) is 8.40. The summed E-state index contributed by atoms with van der Waals surface area (Å²) >= 11 is 0. The first-order valence-electron chi connectivity index (χ1n) is 15.1. The van der Waals surface area contributed by atoms with Gasteiger partial charge in [0.15, 0.2) is 8.07 Å². The zero-order valence-electron chi connectivity index (χ0n) is 24.9. The molecule has 0 spiro atoms. The molecule has 224 valence electrons. The van der Waals surface area contributed by atoms with E-state index in [0.29, 0.717) is 0 Å². The average Bonchev–Trinajstić information content (AvgIpc) is 3.10. The number of hydrogen-bond acceptors (Lipinski definition) is 3. The Morgan fingerprint density at radius 3 is 1.36 bits per heavy atom. The van der Waals surface area contributed by atoms with Gasteiger partial charge in [0.2, 0.25) is 10.0 Å². The molecule has 6 aromatic carbocycles. The number of benzene rings is 6. The fourth-order valence-electron chi connectivity index (χ4n) is 6.36. The maximum atomic E-state index is 14.3. The molecule has 0 aliphatic rings. The summed E-state index contributed by atoms with van der Waals surface area (Å²) in [6, 6.07) is 57.6. The lowest BCUT2D eigenvalue weighted by atomic mass is 9.95. The summed E-state index contributed by atoms with van der Waals surface area (Å²) in [6.45, 7) is 0. The second-order valence-electron chi connectivity index (χ2n) is 11.2. The fourth-order valence-corrected chi connectivity index (χ4v) is 12.9. The summed E-state index contributed by atoms with van der Waals surface area (Å²) in [7, 11) is -6.81. The molecule has 4 nitrogen and oxygen atoms in total. The summed E-state index contributed by atoms with van der Waals surface area (Å²) in [5.41, 5.74) is 9.22. The lowest BCUT2D eigenvalue weighted by molar-refractivity contribution is 0.503. The fraction of sp³-hybridized carbons (Fsp3) is 0.0769. The van der Waals surface area contributed by atoms with Crippen LogP contribution in [0.15, 0.2) is 176 Å². The highest BCUT2D eigenvalue weighted by atomic mass is 32.2. The summed E-state index contributed by atoms with van der Waals surface area (Å²) < 4.78 is 31.5. The van der Waals surface area contributed by atoms with E-state index in [0.717, 1.165) is 21.9 Å². The minimum Gasteiger partial charge on any atom is -0.322 e. The lowest BCUT2D eigenvalue weighted by Crippen LogP contribution is -2.75. The molecule has 0 heterocycles. The van der Waals surface area contributed by atoms with Crippen LogP contribution in [0.2, 0.25) is 0 Å². The Kier molecular flexibility index (Phi) is 9.19. The van der Waals surface area contributed by atoms with Crippen LogP contribution < -0.4 is 31.2 Å². The first kappa shape index (κ1) is 30.4. The third kappa shape index (κ3) is 6.46. The van der Waals surface area contributed by atoms with Crippen LogP contribution >= 0.6 is 0 Å². The molecule has 0 fully saturated rings. The van der Waals surface area contributed by atoms with Crippen LogP contribution in [0.3, 0.4) is 0 Å².